The van der Waals surface area contributed by atoms with Crippen molar-refractivity contribution in [3.05, 3.63) is 40.0 Å². The lowest BCUT2D eigenvalue weighted by atomic mass is 10.2. The second kappa shape index (κ2) is 6.18. The van der Waals surface area contributed by atoms with E-state index in [1.807, 2.05) is 4.72 Å². The van der Waals surface area contributed by atoms with E-state index in [1.165, 1.54) is 25.3 Å². The number of methoxy groups -OCH3 is 1. The van der Waals surface area contributed by atoms with Gasteiger partial charge in [-0.05, 0) is 18.2 Å². The zero-order valence-electron chi connectivity index (χ0n) is 10.5. The van der Waals surface area contributed by atoms with Crippen molar-refractivity contribution in [2.24, 2.45) is 0 Å². The van der Waals surface area contributed by atoms with Crippen LogP contribution in [0.2, 0.25) is 10.0 Å². The van der Waals surface area contributed by atoms with E-state index >= 15 is 0 Å². The van der Waals surface area contributed by atoms with E-state index in [9.17, 15) is 13.2 Å². The number of rotatable bonds is 4. The molecule has 0 saturated heterocycles. The van der Waals surface area contributed by atoms with Gasteiger partial charge in [0.1, 0.15) is 0 Å². The maximum absolute atomic E-state index is 12.0. The number of benzene rings is 1. The lowest BCUT2D eigenvalue weighted by Crippen LogP contribution is -2.30. The van der Waals surface area contributed by atoms with Crippen molar-refractivity contribution < 1.29 is 17.9 Å². The summed E-state index contributed by atoms with van der Waals surface area (Å²) >= 11 is 12.4. The normalized spacial score (nSPS) is 11.2. The van der Waals surface area contributed by atoms with Gasteiger partial charge in [0.2, 0.25) is 0 Å². The lowest BCUT2D eigenvalue weighted by Gasteiger charge is -2.06. The third-order valence-corrected chi connectivity index (χ3v) is 5.60. The molecule has 2 aromatic rings. The summed E-state index contributed by atoms with van der Waals surface area (Å²) in [5.74, 6) is -0.857. The van der Waals surface area contributed by atoms with Crippen molar-refractivity contribution in [3.8, 4) is 5.19 Å². The highest BCUT2D eigenvalue weighted by Gasteiger charge is 2.23. The summed E-state index contributed by atoms with van der Waals surface area (Å²) in [5.41, 5.74) is 0.00104. The summed E-state index contributed by atoms with van der Waals surface area (Å²) in [5, 5.41) is 0.566. The minimum Gasteiger partial charge on any atom is -0.473 e. The molecule has 1 amide bonds. The first-order valence-corrected chi connectivity index (χ1v) is 8.41. The third-order valence-electron chi connectivity index (χ3n) is 2.31. The second-order valence-corrected chi connectivity index (χ2v) is 7.45. The number of sulfonamides is 1. The molecule has 0 aliphatic carbocycles. The minimum absolute atomic E-state index is 0.00104. The Balaban J connectivity index is 2.25. The Bertz CT molecular complexity index is 789. The number of halogens is 2. The van der Waals surface area contributed by atoms with Crippen LogP contribution in [0.4, 0.5) is 0 Å². The molecule has 0 saturated carbocycles. The first-order valence-electron chi connectivity index (χ1n) is 5.35. The summed E-state index contributed by atoms with van der Waals surface area (Å²) in [6.07, 6.45) is 1.10. The molecule has 0 aliphatic heterocycles. The molecule has 21 heavy (non-hydrogen) atoms. The maximum Gasteiger partial charge on any atom is 0.275 e. The van der Waals surface area contributed by atoms with Crippen LogP contribution >= 0.6 is 34.5 Å². The molecule has 6 nitrogen and oxygen atoms in total. The van der Waals surface area contributed by atoms with Crippen LogP contribution in [0.5, 0.6) is 5.19 Å². The Labute approximate surface area is 134 Å². The standard InChI is InChI=1S/C11H8Cl2N2O4S2/c1-19-11-14-5-9(20-11)21(17,18)15-10(16)7-3-2-6(12)4-8(7)13/h2-5H,1H3,(H,15,16). The van der Waals surface area contributed by atoms with Crippen LogP contribution in [0.15, 0.2) is 28.6 Å². The number of aromatic nitrogens is 1. The fourth-order valence-corrected chi connectivity index (χ4v) is 3.75. The Morgan fingerprint density at radius 3 is 2.67 bits per heavy atom. The number of amides is 1. The Morgan fingerprint density at radius 1 is 1.38 bits per heavy atom. The number of carbonyl (C=O) groups excluding carboxylic acids is 1. The van der Waals surface area contributed by atoms with E-state index in [-0.39, 0.29) is 20.0 Å². The van der Waals surface area contributed by atoms with Crippen molar-refractivity contribution in [3.63, 3.8) is 0 Å². The largest absolute Gasteiger partial charge is 0.473 e. The summed E-state index contributed by atoms with van der Waals surface area (Å²) in [4.78, 5) is 15.7. The minimum atomic E-state index is -4.04. The van der Waals surface area contributed by atoms with Crippen LogP contribution in [0.25, 0.3) is 0 Å². The maximum atomic E-state index is 12.0. The van der Waals surface area contributed by atoms with Gasteiger partial charge in [-0.2, -0.15) is 0 Å². The van der Waals surface area contributed by atoms with Crippen molar-refractivity contribution in [1.29, 1.82) is 0 Å². The summed E-state index contributed by atoms with van der Waals surface area (Å²) < 4.78 is 30.6. The van der Waals surface area contributed by atoms with Crippen LogP contribution in [0, 0.1) is 0 Å². The van der Waals surface area contributed by atoms with Gasteiger partial charge >= 0.3 is 0 Å². The van der Waals surface area contributed by atoms with Gasteiger partial charge in [0.25, 0.3) is 21.1 Å². The van der Waals surface area contributed by atoms with E-state index in [4.69, 9.17) is 27.9 Å². The molecule has 0 radical (unpaired) electrons. The molecule has 0 unspecified atom stereocenters. The van der Waals surface area contributed by atoms with E-state index in [2.05, 4.69) is 4.98 Å². The van der Waals surface area contributed by atoms with Crippen LogP contribution in [0.1, 0.15) is 10.4 Å². The van der Waals surface area contributed by atoms with Crippen molar-refractivity contribution in [2.45, 2.75) is 4.21 Å². The van der Waals surface area contributed by atoms with Crippen molar-refractivity contribution in [2.75, 3.05) is 7.11 Å². The molecule has 0 bridgehead atoms. The van der Waals surface area contributed by atoms with Gasteiger partial charge in [0.15, 0.2) is 4.21 Å². The summed E-state index contributed by atoms with van der Waals surface area (Å²) in [6.45, 7) is 0. The van der Waals surface area contributed by atoms with Gasteiger partial charge < -0.3 is 4.74 Å². The summed E-state index contributed by atoms with van der Waals surface area (Å²) in [6, 6.07) is 4.12. The Hall–Kier alpha value is -1.35. The fourth-order valence-electron chi connectivity index (χ4n) is 1.36. The molecular formula is C11H8Cl2N2O4S2. The number of hydrogen-bond donors (Lipinski definition) is 1. The van der Waals surface area contributed by atoms with Gasteiger partial charge in [-0.3, -0.25) is 4.79 Å². The van der Waals surface area contributed by atoms with Gasteiger partial charge in [-0.1, -0.05) is 34.5 Å². The third kappa shape index (κ3) is 3.65. The van der Waals surface area contributed by atoms with E-state index < -0.39 is 15.9 Å². The number of hydrogen-bond acceptors (Lipinski definition) is 6. The Kier molecular flexibility index (Phi) is 4.72. The average molecular weight is 367 g/mol. The molecule has 1 aromatic carbocycles. The topological polar surface area (TPSA) is 85.4 Å². The van der Waals surface area contributed by atoms with Gasteiger partial charge in [-0.25, -0.2) is 18.1 Å². The monoisotopic (exact) mass is 366 g/mol. The van der Waals surface area contributed by atoms with Crippen molar-refractivity contribution in [1.82, 2.24) is 9.71 Å². The van der Waals surface area contributed by atoms with Crippen LogP contribution in [-0.4, -0.2) is 26.4 Å². The molecule has 2 rings (SSSR count). The zero-order chi connectivity index (χ0) is 15.6. The molecule has 1 heterocycles. The number of ether oxygens (including phenoxy) is 1. The number of nitrogens with zero attached hydrogens (tertiary/aromatic N) is 1. The van der Waals surface area contributed by atoms with Crippen LogP contribution in [0.3, 0.4) is 0 Å². The molecule has 1 N–H and O–H groups in total. The molecule has 112 valence electrons. The highest BCUT2D eigenvalue weighted by atomic mass is 35.5. The SMILES string of the molecule is COc1ncc(S(=O)(=O)NC(=O)c2ccc(Cl)cc2Cl)s1. The first-order chi connectivity index (χ1) is 9.83. The number of carbonyl (C=O) groups is 1. The quantitative estimate of drug-likeness (QED) is 0.898. The molecule has 10 heteroatoms. The Morgan fingerprint density at radius 2 is 2.10 bits per heavy atom. The summed E-state index contributed by atoms with van der Waals surface area (Å²) in [7, 11) is -2.68. The lowest BCUT2D eigenvalue weighted by molar-refractivity contribution is 0.0981. The zero-order valence-corrected chi connectivity index (χ0v) is 13.6. The number of thiazole rings is 1. The molecule has 0 spiro atoms. The van der Waals surface area contributed by atoms with Gasteiger partial charge in [0, 0.05) is 5.02 Å². The highest BCUT2D eigenvalue weighted by Crippen LogP contribution is 2.25. The predicted molar refractivity (Wildman–Crippen MR) is 79.8 cm³/mol. The predicted octanol–water partition coefficient (Wildman–Crippen LogP) is 2.58. The van der Waals surface area contributed by atoms with E-state index in [0.717, 1.165) is 17.5 Å². The van der Waals surface area contributed by atoms with Gasteiger partial charge in [-0.15, -0.1) is 0 Å². The molecule has 1 aromatic heterocycles. The van der Waals surface area contributed by atoms with Gasteiger partial charge in [0.05, 0.1) is 23.9 Å². The fraction of sp³-hybridized carbons (Fsp3) is 0.0909. The van der Waals surface area contributed by atoms with Crippen molar-refractivity contribution >= 4 is 50.5 Å². The smallest absolute Gasteiger partial charge is 0.275 e. The first kappa shape index (κ1) is 16.0. The molecule has 0 atom stereocenters. The van der Waals surface area contributed by atoms with E-state index in [0.29, 0.717) is 5.02 Å². The van der Waals surface area contributed by atoms with Crippen LogP contribution in [-0.2, 0) is 10.0 Å². The highest BCUT2D eigenvalue weighted by molar-refractivity contribution is 7.92. The molecular weight excluding hydrogens is 359 g/mol. The molecule has 0 aliphatic rings. The molecule has 0 fully saturated rings. The average Bonchev–Trinajstić information content (AvgIpc) is 2.87. The van der Waals surface area contributed by atoms with E-state index in [1.54, 1.807) is 0 Å². The van der Waals surface area contributed by atoms with Crippen LogP contribution < -0.4 is 9.46 Å². The second-order valence-electron chi connectivity index (χ2n) is 3.71. The number of nitrogens with one attached hydrogen (secondary N) is 1.